The molecule has 1 heterocycles. The number of anilines is 2. The summed E-state index contributed by atoms with van der Waals surface area (Å²) in [7, 11) is 1.58. The average Bonchev–Trinajstić information content (AvgIpc) is 3.07. The summed E-state index contributed by atoms with van der Waals surface area (Å²) in [6.45, 7) is 2.21. The Bertz CT molecular complexity index is 384. The fourth-order valence-corrected chi connectivity index (χ4v) is 2.06. The molecule has 17 heavy (non-hydrogen) atoms. The Labute approximate surface area is 101 Å². The fourth-order valence-electron chi connectivity index (χ4n) is 2.06. The Hall–Kier alpha value is -1.56. The van der Waals surface area contributed by atoms with Crippen LogP contribution in [0.3, 0.4) is 0 Å². The van der Waals surface area contributed by atoms with Gasteiger partial charge in [0.05, 0.1) is 7.11 Å². The number of aromatic nitrogens is 2. The Kier molecular flexibility index (Phi) is 3.63. The molecular formula is C11H19N5O. The summed E-state index contributed by atoms with van der Waals surface area (Å²) < 4.78 is 5.26. The van der Waals surface area contributed by atoms with E-state index in [-0.39, 0.29) is 0 Å². The van der Waals surface area contributed by atoms with E-state index in [0.29, 0.717) is 23.4 Å². The lowest BCUT2D eigenvalue weighted by atomic mass is 10.2. The van der Waals surface area contributed by atoms with E-state index in [1.165, 1.54) is 25.6 Å². The van der Waals surface area contributed by atoms with Crippen molar-refractivity contribution in [1.82, 2.24) is 9.97 Å². The third-order valence-corrected chi connectivity index (χ3v) is 3.05. The van der Waals surface area contributed by atoms with Crippen molar-refractivity contribution >= 4 is 11.6 Å². The van der Waals surface area contributed by atoms with Gasteiger partial charge in [0.15, 0.2) is 11.6 Å². The molecule has 0 radical (unpaired) electrons. The Morgan fingerprint density at radius 1 is 1.47 bits per heavy atom. The number of rotatable bonds is 6. The normalized spacial score (nSPS) is 22.1. The van der Waals surface area contributed by atoms with Gasteiger partial charge in [-0.25, -0.2) is 15.8 Å². The first-order valence-electron chi connectivity index (χ1n) is 5.92. The van der Waals surface area contributed by atoms with E-state index in [1.807, 2.05) is 0 Å². The van der Waals surface area contributed by atoms with Crippen LogP contribution in [0.2, 0.25) is 0 Å². The summed E-state index contributed by atoms with van der Waals surface area (Å²) in [5.41, 5.74) is 2.50. The van der Waals surface area contributed by atoms with Crippen molar-refractivity contribution in [2.75, 3.05) is 17.9 Å². The second kappa shape index (κ2) is 5.18. The Balaban J connectivity index is 2.06. The summed E-state index contributed by atoms with van der Waals surface area (Å²) in [5, 5.41) is 3.37. The SMILES string of the molecule is CCCC1CC1Nc1ncnc(NN)c1OC. The quantitative estimate of drug-likeness (QED) is 0.512. The molecule has 0 saturated heterocycles. The molecule has 0 bridgehead atoms. The summed E-state index contributed by atoms with van der Waals surface area (Å²) in [6.07, 6.45) is 5.15. The van der Waals surface area contributed by atoms with E-state index in [2.05, 4.69) is 27.6 Å². The van der Waals surface area contributed by atoms with Crippen LogP contribution in [0.25, 0.3) is 0 Å². The number of nitrogens with one attached hydrogen (secondary N) is 2. The summed E-state index contributed by atoms with van der Waals surface area (Å²) >= 11 is 0. The summed E-state index contributed by atoms with van der Waals surface area (Å²) in [4.78, 5) is 8.19. The van der Waals surface area contributed by atoms with Gasteiger partial charge in [0.25, 0.3) is 0 Å². The van der Waals surface area contributed by atoms with E-state index < -0.39 is 0 Å². The van der Waals surface area contributed by atoms with Crippen LogP contribution in [0.15, 0.2) is 6.33 Å². The van der Waals surface area contributed by atoms with Crippen LogP contribution >= 0.6 is 0 Å². The topological polar surface area (TPSA) is 85.1 Å². The molecule has 0 amide bonds. The molecule has 1 aromatic heterocycles. The van der Waals surface area contributed by atoms with Crippen molar-refractivity contribution in [3.05, 3.63) is 6.33 Å². The molecule has 0 aromatic carbocycles. The summed E-state index contributed by atoms with van der Waals surface area (Å²) in [5.74, 6) is 7.90. The number of hydrazine groups is 1. The summed E-state index contributed by atoms with van der Waals surface area (Å²) in [6, 6.07) is 0.504. The van der Waals surface area contributed by atoms with Crippen LogP contribution in [0, 0.1) is 5.92 Å². The van der Waals surface area contributed by atoms with E-state index in [1.54, 1.807) is 7.11 Å². The maximum Gasteiger partial charge on any atom is 0.205 e. The molecule has 1 saturated carbocycles. The number of nitrogens with zero attached hydrogens (tertiary/aromatic N) is 2. The second-order valence-corrected chi connectivity index (χ2v) is 4.28. The molecule has 0 spiro atoms. The molecule has 1 fully saturated rings. The van der Waals surface area contributed by atoms with Gasteiger partial charge < -0.3 is 15.5 Å². The number of nitrogen functional groups attached to an aromatic ring is 1. The van der Waals surface area contributed by atoms with E-state index in [0.717, 1.165) is 5.92 Å². The van der Waals surface area contributed by atoms with Crippen molar-refractivity contribution in [3.63, 3.8) is 0 Å². The van der Waals surface area contributed by atoms with Crippen LogP contribution < -0.4 is 21.3 Å². The van der Waals surface area contributed by atoms with Gasteiger partial charge >= 0.3 is 0 Å². The van der Waals surface area contributed by atoms with Crippen LogP contribution in [-0.4, -0.2) is 23.1 Å². The zero-order valence-corrected chi connectivity index (χ0v) is 10.2. The third kappa shape index (κ3) is 2.58. The van der Waals surface area contributed by atoms with Crippen LogP contribution in [0.1, 0.15) is 26.2 Å². The van der Waals surface area contributed by atoms with Crippen molar-refractivity contribution in [1.29, 1.82) is 0 Å². The monoisotopic (exact) mass is 237 g/mol. The number of hydrogen-bond donors (Lipinski definition) is 3. The first-order valence-corrected chi connectivity index (χ1v) is 5.92. The number of hydrogen-bond acceptors (Lipinski definition) is 6. The molecular weight excluding hydrogens is 218 g/mol. The molecule has 94 valence electrons. The zero-order valence-electron chi connectivity index (χ0n) is 10.2. The van der Waals surface area contributed by atoms with Gasteiger partial charge in [0.1, 0.15) is 6.33 Å². The highest BCUT2D eigenvalue weighted by molar-refractivity contribution is 5.63. The molecule has 1 aliphatic rings. The van der Waals surface area contributed by atoms with E-state index in [9.17, 15) is 0 Å². The second-order valence-electron chi connectivity index (χ2n) is 4.28. The van der Waals surface area contributed by atoms with Crippen molar-refractivity contribution in [2.24, 2.45) is 11.8 Å². The smallest absolute Gasteiger partial charge is 0.205 e. The predicted octanol–water partition coefficient (Wildman–Crippen LogP) is 1.37. The highest BCUT2D eigenvalue weighted by Gasteiger charge is 2.36. The molecule has 2 atom stereocenters. The maximum absolute atomic E-state index is 5.37. The van der Waals surface area contributed by atoms with Gasteiger partial charge in [-0.3, -0.25) is 0 Å². The molecule has 0 aliphatic heterocycles. The Morgan fingerprint density at radius 2 is 2.24 bits per heavy atom. The van der Waals surface area contributed by atoms with Gasteiger partial charge in [-0.2, -0.15) is 0 Å². The minimum Gasteiger partial charge on any atom is -0.490 e. The first kappa shape index (κ1) is 11.9. The van der Waals surface area contributed by atoms with Crippen molar-refractivity contribution in [2.45, 2.75) is 32.2 Å². The van der Waals surface area contributed by atoms with Gasteiger partial charge in [0.2, 0.25) is 5.75 Å². The molecule has 4 N–H and O–H groups in total. The molecule has 1 aliphatic carbocycles. The fraction of sp³-hybridized carbons (Fsp3) is 0.636. The Morgan fingerprint density at radius 3 is 2.88 bits per heavy atom. The lowest BCUT2D eigenvalue weighted by Crippen LogP contribution is -2.13. The molecule has 1 aromatic rings. The van der Waals surface area contributed by atoms with Crippen molar-refractivity contribution in [3.8, 4) is 5.75 Å². The van der Waals surface area contributed by atoms with Crippen molar-refractivity contribution < 1.29 is 4.74 Å². The zero-order chi connectivity index (χ0) is 12.3. The minimum atomic E-state index is 0.498. The highest BCUT2D eigenvalue weighted by atomic mass is 16.5. The highest BCUT2D eigenvalue weighted by Crippen LogP contribution is 2.39. The molecule has 6 heteroatoms. The van der Waals surface area contributed by atoms with Gasteiger partial charge in [-0.1, -0.05) is 13.3 Å². The number of ether oxygens (including phenoxy) is 1. The number of nitrogens with two attached hydrogens (primary N) is 1. The number of methoxy groups -OCH3 is 1. The van der Waals surface area contributed by atoms with Crippen LogP contribution in [0.4, 0.5) is 11.6 Å². The van der Waals surface area contributed by atoms with Crippen LogP contribution in [-0.2, 0) is 0 Å². The molecule has 6 nitrogen and oxygen atoms in total. The van der Waals surface area contributed by atoms with Crippen LogP contribution in [0.5, 0.6) is 5.75 Å². The third-order valence-electron chi connectivity index (χ3n) is 3.05. The lowest BCUT2D eigenvalue weighted by Gasteiger charge is -2.12. The van der Waals surface area contributed by atoms with Gasteiger partial charge in [0, 0.05) is 6.04 Å². The molecule has 2 rings (SSSR count). The van der Waals surface area contributed by atoms with E-state index in [4.69, 9.17) is 10.6 Å². The van der Waals surface area contributed by atoms with E-state index >= 15 is 0 Å². The maximum atomic E-state index is 5.37. The van der Waals surface area contributed by atoms with Gasteiger partial charge in [-0.15, -0.1) is 0 Å². The standard InChI is InChI=1S/C11H19N5O/c1-3-4-7-5-8(7)15-10-9(17-2)11(16-12)14-6-13-10/h6-8H,3-5,12H2,1-2H3,(H2,13,14,15,16). The largest absolute Gasteiger partial charge is 0.490 e. The molecule has 2 unspecified atom stereocenters. The lowest BCUT2D eigenvalue weighted by molar-refractivity contribution is 0.414. The van der Waals surface area contributed by atoms with Gasteiger partial charge in [-0.05, 0) is 18.8 Å². The minimum absolute atomic E-state index is 0.498. The first-order chi connectivity index (χ1) is 8.30. The predicted molar refractivity (Wildman–Crippen MR) is 66.8 cm³/mol. The average molecular weight is 237 g/mol.